The number of ketones is 1. The van der Waals surface area contributed by atoms with E-state index in [2.05, 4.69) is 68.5 Å². The number of hydrogen-bond acceptors (Lipinski definition) is 6. The van der Waals surface area contributed by atoms with E-state index in [-0.39, 0.29) is 51.6 Å². The molecule has 2 unspecified atom stereocenters. The van der Waals surface area contributed by atoms with E-state index in [9.17, 15) is 9.90 Å². The number of methoxy groups -OCH3 is 2. The van der Waals surface area contributed by atoms with Crippen molar-refractivity contribution in [3.63, 3.8) is 0 Å². The topological polar surface area (TPSA) is 74.2 Å². The number of rotatable bonds is 10. The lowest BCUT2D eigenvalue weighted by atomic mass is 9.46. The average Bonchev–Trinajstić information content (AvgIpc) is 3.04. The van der Waals surface area contributed by atoms with Gasteiger partial charge >= 0.3 is 0 Å². The van der Waals surface area contributed by atoms with Crippen LogP contribution in [0.4, 0.5) is 0 Å². The number of phenols is 1. The van der Waals surface area contributed by atoms with Crippen LogP contribution in [0.3, 0.4) is 0 Å². The van der Waals surface area contributed by atoms with Crippen LogP contribution in [0.25, 0.3) is 0 Å². The fourth-order valence-electron chi connectivity index (χ4n) is 8.61. The molecule has 49 heavy (non-hydrogen) atoms. The van der Waals surface area contributed by atoms with Crippen molar-refractivity contribution in [2.45, 2.75) is 117 Å². The zero-order valence-corrected chi connectivity index (χ0v) is 32.9. The molecule has 0 aromatic heterocycles. The first-order valence-electron chi connectivity index (χ1n) is 17.9. The molecule has 0 spiro atoms. The molecule has 0 amide bonds. The smallest absolute Gasteiger partial charge is 0.201 e. The Morgan fingerprint density at radius 3 is 2.18 bits per heavy atom. The minimum Gasteiger partial charge on any atom is -0.507 e. The summed E-state index contributed by atoms with van der Waals surface area (Å²) in [6.45, 7) is 23.7. The molecule has 0 radical (unpaired) electrons. The lowest BCUT2D eigenvalue weighted by Crippen LogP contribution is -2.57. The monoisotopic (exact) mass is 686 g/mol. The molecular weight excluding hydrogens is 629 g/mol. The van der Waals surface area contributed by atoms with Crippen LogP contribution in [0.15, 0.2) is 54.6 Å². The molecular formula is C42H58O6Si. The molecule has 0 heterocycles. The first-order chi connectivity index (χ1) is 22.8. The fraction of sp³-hybridized carbons (Fsp3) is 0.548. The van der Waals surface area contributed by atoms with Gasteiger partial charge in [-0.05, 0) is 83.5 Å². The summed E-state index contributed by atoms with van der Waals surface area (Å²) >= 11 is 0. The molecule has 0 bridgehead atoms. The SMILES string of the molecule is CCC1C(O[Si](C)(C)C(C)(C)C)CCC(C)(C)[C@@]1(C)C[C@@]1(C)c2cc(OC)cc(OCc3ccccc3)c2C(=O)c2c(O)ccc(OC)c21. The summed E-state index contributed by atoms with van der Waals surface area (Å²) in [6, 6.07) is 17.1. The zero-order valence-electron chi connectivity index (χ0n) is 31.9. The van der Waals surface area contributed by atoms with Gasteiger partial charge in [-0.2, -0.15) is 0 Å². The molecule has 4 atom stereocenters. The maximum Gasteiger partial charge on any atom is 0.201 e. The van der Waals surface area contributed by atoms with Gasteiger partial charge in [0.05, 0.1) is 25.3 Å². The molecule has 1 saturated carbocycles. The third kappa shape index (κ3) is 6.31. The first-order valence-corrected chi connectivity index (χ1v) is 20.8. The second kappa shape index (κ2) is 13.1. The number of aromatic hydroxyl groups is 1. The van der Waals surface area contributed by atoms with E-state index in [4.69, 9.17) is 18.6 Å². The van der Waals surface area contributed by atoms with Crippen LogP contribution >= 0.6 is 0 Å². The van der Waals surface area contributed by atoms with Crippen molar-refractivity contribution >= 4 is 14.1 Å². The van der Waals surface area contributed by atoms with Crippen LogP contribution in [-0.2, 0) is 16.4 Å². The van der Waals surface area contributed by atoms with Gasteiger partial charge in [-0.1, -0.05) is 92.1 Å². The van der Waals surface area contributed by atoms with Crippen LogP contribution in [0.1, 0.15) is 114 Å². The molecule has 6 nitrogen and oxygen atoms in total. The highest BCUT2D eigenvalue weighted by atomic mass is 28.4. The van der Waals surface area contributed by atoms with E-state index in [0.29, 0.717) is 34.8 Å². The van der Waals surface area contributed by atoms with E-state index >= 15 is 0 Å². The Morgan fingerprint density at radius 2 is 1.59 bits per heavy atom. The highest BCUT2D eigenvalue weighted by Crippen LogP contribution is 2.64. The van der Waals surface area contributed by atoms with E-state index in [1.807, 2.05) is 36.4 Å². The van der Waals surface area contributed by atoms with Crippen LogP contribution in [0.2, 0.25) is 18.1 Å². The summed E-state index contributed by atoms with van der Waals surface area (Å²) in [5.74, 6) is 1.58. The number of fused-ring (bicyclic) bond motifs is 2. The summed E-state index contributed by atoms with van der Waals surface area (Å²) in [5, 5.41) is 11.6. The fourth-order valence-corrected chi connectivity index (χ4v) is 10.00. The van der Waals surface area contributed by atoms with Gasteiger partial charge in [0, 0.05) is 23.1 Å². The first kappa shape index (κ1) is 37.0. The maximum absolute atomic E-state index is 14.7. The highest BCUT2D eigenvalue weighted by Gasteiger charge is 2.58. The van der Waals surface area contributed by atoms with Gasteiger partial charge in [0.2, 0.25) is 5.78 Å². The summed E-state index contributed by atoms with van der Waals surface area (Å²) < 4.78 is 25.7. The Kier molecular flexibility index (Phi) is 9.89. The quantitative estimate of drug-likeness (QED) is 0.214. The molecule has 0 aliphatic heterocycles. The van der Waals surface area contributed by atoms with E-state index in [1.165, 1.54) is 0 Å². The Labute approximate surface area is 295 Å². The molecule has 1 fully saturated rings. The molecule has 2 aliphatic rings. The van der Waals surface area contributed by atoms with Crippen LogP contribution < -0.4 is 14.2 Å². The van der Waals surface area contributed by atoms with Gasteiger partial charge in [0.25, 0.3) is 0 Å². The van der Waals surface area contributed by atoms with Crippen molar-refractivity contribution in [3.8, 4) is 23.0 Å². The van der Waals surface area contributed by atoms with E-state index in [0.717, 1.165) is 30.4 Å². The van der Waals surface area contributed by atoms with Gasteiger partial charge in [-0.25, -0.2) is 0 Å². The molecule has 266 valence electrons. The normalized spacial score (nSPS) is 24.9. The zero-order chi connectivity index (χ0) is 36.2. The Bertz CT molecular complexity index is 1690. The van der Waals surface area contributed by atoms with Crippen LogP contribution in [-0.4, -0.2) is 39.5 Å². The van der Waals surface area contributed by atoms with Crippen LogP contribution in [0.5, 0.6) is 23.0 Å². The Balaban J connectivity index is 1.74. The molecule has 3 aromatic carbocycles. The summed E-state index contributed by atoms with van der Waals surface area (Å²) in [5.41, 5.74) is 2.23. The van der Waals surface area contributed by atoms with Gasteiger partial charge in [0.15, 0.2) is 8.32 Å². The molecule has 1 N–H and O–H groups in total. The number of benzene rings is 3. The minimum atomic E-state index is -2.06. The lowest BCUT2D eigenvalue weighted by Gasteiger charge is -2.60. The highest BCUT2D eigenvalue weighted by molar-refractivity contribution is 6.74. The number of ether oxygens (including phenoxy) is 3. The third-order valence-corrected chi connectivity index (χ3v) is 17.3. The molecule has 7 heteroatoms. The van der Waals surface area contributed by atoms with E-state index < -0.39 is 13.7 Å². The Morgan fingerprint density at radius 1 is 0.918 bits per heavy atom. The summed E-state index contributed by atoms with van der Waals surface area (Å²) in [4.78, 5) is 14.7. The summed E-state index contributed by atoms with van der Waals surface area (Å²) in [7, 11) is 1.22. The minimum absolute atomic E-state index is 0.0539. The predicted octanol–water partition coefficient (Wildman–Crippen LogP) is 10.5. The van der Waals surface area contributed by atoms with E-state index in [1.54, 1.807) is 32.4 Å². The van der Waals surface area contributed by atoms with Gasteiger partial charge in [-0.15, -0.1) is 0 Å². The second-order valence-electron chi connectivity index (χ2n) is 17.0. The Hall–Kier alpha value is -3.29. The second-order valence-corrected chi connectivity index (χ2v) is 21.7. The van der Waals surface area contributed by atoms with Crippen molar-refractivity contribution in [1.82, 2.24) is 0 Å². The van der Waals surface area contributed by atoms with Gasteiger partial charge in [0.1, 0.15) is 29.6 Å². The molecule has 5 rings (SSSR count). The van der Waals surface area contributed by atoms with Crippen molar-refractivity contribution < 1.29 is 28.5 Å². The van der Waals surface area contributed by atoms with Gasteiger partial charge < -0.3 is 23.7 Å². The van der Waals surface area contributed by atoms with Crippen LogP contribution in [0, 0.1) is 16.7 Å². The van der Waals surface area contributed by atoms with Crippen molar-refractivity contribution in [2.24, 2.45) is 16.7 Å². The van der Waals surface area contributed by atoms with Crippen molar-refractivity contribution in [2.75, 3.05) is 14.2 Å². The molecule has 0 saturated heterocycles. The maximum atomic E-state index is 14.7. The van der Waals surface area contributed by atoms with Crippen molar-refractivity contribution in [1.29, 1.82) is 0 Å². The predicted molar refractivity (Wildman–Crippen MR) is 200 cm³/mol. The van der Waals surface area contributed by atoms with Crippen molar-refractivity contribution in [3.05, 3.63) is 82.4 Å². The average molecular weight is 687 g/mol. The molecule has 2 aliphatic carbocycles. The number of carbonyl (C=O) groups is 1. The summed E-state index contributed by atoms with van der Waals surface area (Å²) in [6.07, 6.45) is 3.83. The third-order valence-electron chi connectivity index (χ3n) is 12.8. The largest absolute Gasteiger partial charge is 0.507 e. The van der Waals surface area contributed by atoms with Gasteiger partial charge in [-0.3, -0.25) is 4.79 Å². The molecule has 3 aromatic rings. The number of phenolic OH excluding ortho intramolecular Hbond substituents is 1. The standard InChI is InChI=1S/C42H58O6Si/c1-13-29-32(48-49(11,12)39(2,3)4)21-22-40(5,6)42(29,8)26-41(7)30-23-28(45-9)24-34(47-25-27-17-15-14-16-18-27)35(30)38(44)36-31(43)19-20-33(46-10)37(36)41/h14-20,23-24,29,32,43H,13,21-22,25-26H2,1-12H3/t29?,32?,41-,42-/m0/s1. The number of hydrogen-bond donors (Lipinski definition) is 1. The lowest BCUT2D eigenvalue weighted by molar-refractivity contribution is -0.106. The number of carbonyl (C=O) groups excluding carboxylic acids is 1.